The monoisotopic (exact) mass is 534 g/mol. The van der Waals surface area contributed by atoms with Crippen molar-refractivity contribution in [2.75, 3.05) is 5.32 Å². The van der Waals surface area contributed by atoms with Gasteiger partial charge >= 0.3 is 12.4 Å². The number of aromatic nitrogens is 2. The van der Waals surface area contributed by atoms with Gasteiger partial charge in [-0.2, -0.15) is 26.3 Å². The van der Waals surface area contributed by atoms with Gasteiger partial charge in [-0.25, -0.2) is 4.98 Å². The number of nitrogens with zero attached hydrogens (tertiary/aromatic N) is 1. The summed E-state index contributed by atoms with van der Waals surface area (Å²) in [5.74, 6) is -1.35. The molecule has 0 unspecified atom stereocenters. The fourth-order valence-electron chi connectivity index (χ4n) is 3.93. The van der Waals surface area contributed by atoms with Crippen molar-refractivity contribution in [2.45, 2.75) is 32.2 Å². The third-order valence-corrected chi connectivity index (χ3v) is 5.71. The van der Waals surface area contributed by atoms with Crippen molar-refractivity contribution in [1.29, 1.82) is 0 Å². The highest BCUT2D eigenvalue weighted by Crippen LogP contribution is 2.33. The Hall–Kier alpha value is -4.35. The molecule has 3 aromatic carbocycles. The summed E-state index contributed by atoms with van der Waals surface area (Å²) >= 11 is 0. The van der Waals surface area contributed by atoms with E-state index in [0.29, 0.717) is 17.8 Å². The molecule has 2 amide bonds. The summed E-state index contributed by atoms with van der Waals surface area (Å²) in [6, 6.07) is 11.6. The van der Waals surface area contributed by atoms with E-state index in [9.17, 15) is 35.9 Å². The molecule has 0 saturated heterocycles. The maximum absolute atomic E-state index is 13.4. The van der Waals surface area contributed by atoms with Gasteiger partial charge in [0.1, 0.15) is 11.3 Å². The van der Waals surface area contributed by atoms with Crippen LogP contribution >= 0.6 is 0 Å². The molecular formula is C26H20F6N4O2. The summed E-state index contributed by atoms with van der Waals surface area (Å²) in [6.07, 6.45) is -8.94. The van der Waals surface area contributed by atoms with Crippen LogP contribution in [0, 0.1) is 0 Å². The van der Waals surface area contributed by atoms with E-state index in [1.165, 1.54) is 36.4 Å². The van der Waals surface area contributed by atoms with Gasteiger partial charge in [0, 0.05) is 18.7 Å². The summed E-state index contributed by atoms with van der Waals surface area (Å²) in [6.45, 7) is 1.35. The lowest BCUT2D eigenvalue weighted by atomic mass is 10.1. The molecule has 4 rings (SSSR count). The van der Waals surface area contributed by atoms with Crippen LogP contribution < -0.4 is 10.6 Å². The quantitative estimate of drug-likeness (QED) is 0.252. The topological polar surface area (TPSA) is 86.9 Å². The van der Waals surface area contributed by atoms with E-state index < -0.39 is 47.4 Å². The van der Waals surface area contributed by atoms with Crippen LogP contribution in [-0.4, -0.2) is 21.8 Å². The number of imidazole rings is 1. The second kappa shape index (κ2) is 10.2. The number of rotatable bonds is 6. The van der Waals surface area contributed by atoms with E-state index in [-0.39, 0.29) is 22.3 Å². The highest BCUT2D eigenvalue weighted by atomic mass is 19.4. The van der Waals surface area contributed by atoms with Crippen LogP contribution in [0.1, 0.15) is 50.2 Å². The molecule has 0 spiro atoms. The van der Waals surface area contributed by atoms with Crippen LogP contribution in [0.15, 0.2) is 60.7 Å². The van der Waals surface area contributed by atoms with Gasteiger partial charge in [0.15, 0.2) is 0 Å². The van der Waals surface area contributed by atoms with Crippen LogP contribution in [0.4, 0.5) is 32.0 Å². The summed E-state index contributed by atoms with van der Waals surface area (Å²) in [7, 11) is 0. The number of carbonyl (C=O) groups excluding carboxylic acids is 2. The van der Waals surface area contributed by atoms with Crippen LogP contribution in [0.5, 0.6) is 0 Å². The zero-order chi connectivity index (χ0) is 27.7. The molecule has 0 aliphatic heterocycles. The fraction of sp³-hybridized carbons (Fsp3) is 0.192. The van der Waals surface area contributed by atoms with Gasteiger partial charge < -0.3 is 15.6 Å². The van der Waals surface area contributed by atoms with E-state index in [1.807, 2.05) is 0 Å². The first-order chi connectivity index (χ1) is 17.9. The van der Waals surface area contributed by atoms with Crippen molar-refractivity contribution in [3.05, 3.63) is 94.3 Å². The van der Waals surface area contributed by atoms with Crippen LogP contribution in [-0.2, 0) is 25.3 Å². The minimum Gasteiger partial charge on any atom is -0.348 e. The molecule has 1 heterocycles. The Morgan fingerprint density at radius 1 is 0.842 bits per heavy atom. The number of benzene rings is 3. The number of hydrogen-bond acceptors (Lipinski definition) is 3. The predicted octanol–water partition coefficient (Wildman–Crippen LogP) is 6.35. The van der Waals surface area contributed by atoms with Gasteiger partial charge in [-0.15, -0.1) is 0 Å². The summed E-state index contributed by atoms with van der Waals surface area (Å²) in [5, 5.41) is 4.81. The lowest BCUT2D eigenvalue weighted by Gasteiger charge is -2.14. The molecule has 0 fully saturated rings. The molecule has 0 saturated carbocycles. The molecule has 0 aliphatic rings. The summed E-state index contributed by atoms with van der Waals surface area (Å²) in [4.78, 5) is 33.1. The van der Waals surface area contributed by atoms with Gasteiger partial charge in [-0.3, -0.25) is 9.59 Å². The fourth-order valence-corrected chi connectivity index (χ4v) is 3.93. The van der Waals surface area contributed by atoms with Crippen molar-refractivity contribution < 1.29 is 35.9 Å². The van der Waals surface area contributed by atoms with Crippen molar-refractivity contribution in [3.63, 3.8) is 0 Å². The second-order valence-corrected chi connectivity index (χ2v) is 8.29. The third kappa shape index (κ3) is 5.63. The number of aryl methyl sites for hydroxylation is 1. The van der Waals surface area contributed by atoms with Gasteiger partial charge in [0.25, 0.3) is 11.8 Å². The number of aromatic amines is 1. The molecule has 0 atom stereocenters. The van der Waals surface area contributed by atoms with Crippen LogP contribution in [0.2, 0.25) is 0 Å². The minimum atomic E-state index is -4.77. The molecule has 3 N–H and O–H groups in total. The normalized spacial score (nSPS) is 12.0. The first-order valence-electron chi connectivity index (χ1n) is 11.3. The molecule has 12 heteroatoms. The highest BCUT2D eigenvalue weighted by molar-refractivity contribution is 6.10. The number of amides is 2. The molecule has 38 heavy (non-hydrogen) atoms. The number of H-pyrrole nitrogens is 1. The largest absolute Gasteiger partial charge is 0.417 e. The third-order valence-electron chi connectivity index (χ3n) is 5.71. The first-order valence-corrected chi connectivity index (χ1v) is 11.3. The Bertz CT molecular complexity index is 1510. The number of halogens is 6. The van der Waals surface area contributed by atoms with Crippen molar-refractivity contribution >= 4 is 28.5 Å². The number of fused-ring (bicyclic) bond motifs is 1. The number of carbonyl (C=O) groups is 2. The Morgan fingerprint density at radius 2 is 1.47 bits per heavy atom. The molecular weight excluding hydrogens is 514 g/mol. The maximum atomic E-state index is 13.4. The van der Waals surface area contributed by atoms with Crippen molar-refractivity contribution in [2.24, 2.45) is 0 Å². The zero-order valence-corrected chi connectivity index (χ0v) is 19.7. The van der Waals surface area contributed by atoms with E-state index in [0.717, 1.165) is 24.3 Å². The van der Waals surface area contributed by atoms with E-state index in [2.05, 4.69) is 20.6 Å². The molecule has 0 radical (unpaired) electrons. The zero-order valence-electron chi connectivity index (χ0n) is 19.7. The average molecular weight is 534 g/mol. The summed E-state index contributed by atoms with van der Waals surface area (Å²) in [5.41, 5.74) is -2.39. The Morgan fingerprint density at radius 3 is 2.13 bits per heavy atom. The van der Waals surface area contributed by atoms with Gasteiger partial charge in [0.05, 0.1) is 27.8 Å². The SMILES string of the molecule is CCc1nc2c(C(=O)NCc3ccccc3C(F)(F)F)cc(NC(=O)c3ccccc3C(F)(F)F)cc2[nH]1. The molecule has 1 aromatic heterocycles. The minimum absolute atomic E-state index is 0.00776. The number of alkyl halides is 6. The average Bonchev–Trinajstić information content (AvgIpc) is 3.29. The van der Waals surface area contributed by atoms with Gasteiger partial charge in [-0.1, -0.05) is 37.3 Å². The Kier molecular flexibility index (Phi) is 7.16. The van der Waals surface area contributed by atoms with Crippen molar-refractivity contribution in [1.82, 2.24) is 15.3 Å². The van der Waals surface area contributed by atoms with E-state index >= 15 is 0 Å². The van der Waals surface area contributed by atoms with E-state index in [1.54, 1.807) is 6.92 Å². The Labute approximate surface area is 212 Å². The van der Waals surface area contributed by atoms with Gasteiger partial charge in [0.2, 0.25) is 0 Å². The van der Waals surface area contributed by atoms with Crippen LogP contribution in [0.25, 0.3) is 11.0 Å². The molecule has 198 valence electrons. The first kappa shape index (κ1) is 26.7. The second-order valence-electron chi connectivity index (χ2n) is 8.29. The molecule has 0 aliphatic carbocycles. The number of hydrogen-bond donors (Lipinski definition) is 3. The summed E-state index contributed by atoms with van der Waals surface area (Å²) < 4.78 is 80.1. The molecule has 0 bridgehead atoms. The van der Waals surface area contributed by atoms with Crippen molar-refractivity contribution in [3.8, 4) is 0 Å². The number of nitrogens with one attached hydrogen (secondary N) is 3. The number of anilines is 1. The lowest BCUT2D eigenvalue weighted by Crippen LogP contribution is -2.25. The smallest absolute Gasteiger partial charge is 0.348 e. The maximum Gasteiger partial charge on any atom is 0.417 e. The predicted molar refractivity (Wildman–Crippen MR) is 127 cm³/mol. The van der Waals surface area contributed by atoms with E-state index in [4.69, 9.17) is 0 Å². The van der Waals surface area contributed by atoms with Crippen LogP contribution in [0.3, 0.4) is 0 Å². The molecule has 6 nitrogen and oxygen atoms in total. The lowest BCUT2D eigenvalue weighted by molar-refractivity contribution is -0.138. The van der Waals surface area contributed by atoms with Gasteiger partial charge in [-0.05, 0) is 35.9 Å². The Balaban J connectivity index is 1.66. The standard InChI is InChI=1S/C26H20F6N4O2/c1-2-21-35-20-12-15(34-24(38)16-8-4-6-10-19(16)26(30,31)32)11-17(22(20)36-21)23(37)33-13-14-7-3-5-9-18(14)25(27,28)29/h3-12H,2,13H2,1H3,(H,33,37)(H,34,38)(H,35,36). The highest BCUT2D eigenvalue weighted by Gasteiger charge is 2.35. The molecule has 4 aromatic rings.